The van der Waals surface area contributed by atoms with Crippen molar-refractivity contribution >= 4 is 5.91 Å². The van der Waals surface area contributed by atoms with Crippen LogP contribution in [0.3, 0.4) is 0 Å². The summed E-state index contributed by atoms with van der Waals surface area (Å²) in [5.74, 6) is 3.74. The standard InChI is InChI=1S/C18H32N2O/c1-14-5-9-20(10-6-14)8-2-7-19-18(21)13-17-12-15-3-4-16(17)11-15/h14-17H,2-13H2,1H3,(H,19,21). The summed E-state index contributed by atoms with van der Waals surface area (Å²) in [5.41, 5.74) is 0. The first kappa shape index (κ1) is 15.3. The van der Waals surface area contributed by atoms with E-state index in [1.54, 1.807) is 0 Å². The number of piperidine rings is 1. The van der Waals surface area contributed by atoms with Crippen molar-refractivity contribution in [1.29, 1.82) is 0 Å². The summed E-state index contributed by atoms with van der Waals surface area (Å²) in [5, 5.41) is 3.15. The second-order valence-electron chi connectivity index (χ2n) is 7.87. The van der Waals surface area contributed by atoms with E-state index in [2.05, 4.69) is 17.1 Å². The Kier molecular flexibility index (Phi) is 5.20. The molecule has 1 heterocycles. The molecule has 3 aliphatic rings. The Hall–Kier alpha value is -0.570. The van der Waals surface area contributed by atoms with Gasteiger partial charge < -0.3 is 10.2 Å². The number of nitrogens with one attached hydrogen (secondary N) is 1. The third-order valence-electron chi connectivity index (χ3n) is 6.18. The van der Waals surface area contributed by atoms with Gasteiger partial charge in [-0.1, -0.05) is 13.3 Å². The van der Waals surface area contributed by atoms with Gasteiger partial charge in [0.1, 0.15) is 0 Å². The maximum absolute atomic E-state index is 12.0. The fourth-order valence-corrected chi connectivity index (χ4v) is 4.75. The Bertz CT molecular complexity index is 349. The number of fused-ring (bicyclic) bond motifs is 2. The molecule has 1 saturated heterocycles. The minimum absolute atomic E-state index is 0.305. The highest BCUT2D eigenvalue weighted by Gasteiger charge is 2.39. The molecular weight excluding hydrogens is 260 g/mol. The average Bonchev–Trinajstić information content (AvgIpc) is 3.08. The smallest absolute Gasteiger partial charge is 0.220 e. The molecule has 3 fully saturated rings. The summed E-state index contributed by atoms with van der Waals surface area (Å²) in [6.45, 7) is 6.88. The van der Waals surface area contributed by atoms with E-state index in [4.69, 9.17) is 0 Å². The maximum Gasteiger partial charge on any atom is 0.220 e. The van der Waals surface area contributed by atoms with Gasteiger partial charge in [0.2, 0.25) is 5.91 Å². The van der Waals surface area contributed by atoms with Gasteiger partial charge in [0.05, 0.1) is 0 Å². The molecule has 2 aliphatic carbocycles. The Morgan fingerprint density at radius 1 is 1.14 bits per heavy atom. The fourth-order valence-electron chi connectivity index (χ4n) is 4.75. The second-order valence-corrected chi connectivity index (χ2v) is 7.87. The average molecular weight is 292 g/mol. The SMILES string of the molecule is CC1CCN(CCCNC(=O)CC2CC3CCC2C3)CC1. The van der Waals surface area contributed by atoms with Crippen LogP contribution >= 0.6 is 0 Å². The van der Waals surface area contributed by atoms with Crippen molar-refractivity contribution < 1.29 is 4.79 Å². The van der Waals surface area contributed by atoms with E-state index in [0.29, 0.717) is 11.8 Å². The molecule has 1 aliphatic heterocycles. The van der Waals surface area contributed by atoms with Crippen molar-refractivity contribution in [3.8, 4) is 0 Å². The molecule has 2 saturated carbocycles. The molecule has 0 radical (unpaired) electrons. The topological polar surface area (TPSA) is 32.3 Å². The molecule has 3 atom stereocenters. The van der Waals surface area contributed by atoms with E-state index in [1.165, 1.54) is 51.6 Å². The number of carbonyl (C=O) groups excluding carboxylic acids is 1. The number of rotatable bonds is 6. The zero-order chi connectivity index (χ0) is 14.7. The van der Waals surface area contributed by atoms with Crippen LogP contribution in [0.5, 0.6) is 0 Å². The predicted molar refractivity (Wildman–Crippen MR) is 86.0 cm³/mol. The molecule has 3 nitrogen and oxygen atoms in total. The van der Waals surface area contributed by atoms with Crippen molar-refractivity contribution in [1.82, 2.24) is 10.2 Å². The highest BCUT2D eigenvalue weighted by atomic mass is 16.1. The van der Waals surface area contributed by atoms with Crippen LogP contribution in [0.4, 0.5) is 0 Å². The third-order valence-corrected chi connectivity index (χ3v) is 6.18. The molecule has 0 aromatic rings. The molecule has 0 aromatic heterocycles. The minimum atomic E-state index is 0.305. The van der Waals surface area contributed by atoms with Crippen LogP contribution < -0.4 is 5.32 Å². The van der Waals surface area contributed by atoms with Crippen molar-refractivity contribution in [2.45, 2.75) is 58.3 Å². The summed E-state index contributed by atoms with van der Waals surface area (Å²) < 4.78 is 0. The highest BCUT2D eigenvalue weighted by Crippen LogP contribution is 2.49. The molecule has 1 N–H and O–H groups in total. The number of likely N-dealkylation sites (tertiary alicyclic amines) is 1. The quantitative estimate of drug-likeness (QED) is 0.763. The number of amides is 1. The lowest BCUT2D eigenvalue weighted by atomic mass is 9.86. The molecule has 3 heteroatoms. The van der Waals surface area contributed by atoms with Crippen molar-refractivity contribution in [3.63, 3.8) is 0 Å². The number of hydrogen-bond acceptors (Lipinski definition) is 2. The first-order valence-corrected chi connectivity index (χ1v) is 9.19. The van der Waals surface area contributed by atoms with Crippen LogP contribution in [0, 0.1) is 23.7 Å². The summed E-state index contributed by atoms with van der Waals surface area (Å²) >= 11 is 0. The summed E-state index contributed by atoms with van der Waals surface area (Å²) in [7, 11) is 0. The van der Waals surface area contributed by atoms with E-state index >= 15 is 0 Å². The van der Waals surface area contributed by atoms with Gasteiger partial charge in [0.15, 0.2) is 0 Å². The van der Waals surface area contributed by atoms with Gasteiger partial charge in [0.25, 0.3) is 0 Å². The number of hydrogen-bond donors (Lipinski definition) is 1. The monoisotopic (exact) mass is 292 g/mol. The summed E-state index contributed by atoms with van der Waals surface area (Å²) in [6.07, 6.45) is 10.1. The van der Waals surface area contributed by atoms with Crippen molar-refractivity contribution in [2.24, 2.45) is 23.7 Å². The summed E-state index contributed by atoms with van der Waals surface area (Å²) in [4.78, 5) is 14.6. The van der Waals surface area contributed by atoms with Crippen molar-refractivity contribution in [3.05, 3.63) is 0 Å². The van der Waals surface area contributed by atoms with Gasteiger partial charge in [-0.15, -0.1) is 0 Å². The molecule has 3 unspecified atom stereocenters. The van der Waals surface area contributed by atoms with Crippen LogP contribution in [-0.2, 0) is 4.79 Å². The lowest BCUT2D eigenvalue weighted by molar-refractivity contribution is -0.122. The lowest BCUT2D eigenvalue weighted by Gasteiger charge is -2.30. The zero-order valence-corrected chi connectivity index (χ0v) is 13.7. The first-order chi connectivity index (χ1) is 10.2. The first-order valence-electron chi connectivity index (χ1n) is 9.19. The van der Waals surface area contributed by atoms with E-state index < -0.39 is 0 Å². The van der Waals surface area contributed by atoms with Gasteiger partial charge >= 0.3 is 0 Å². The van der Waals surface area contributed by atoms with Crippen molar-refractivity contribution in [2.75, 3.05) is 26.2 Å². The Morgan fingerprint density at radius 3 is 2.62 bits per heavy atom. The molecule has 0 aromatic carbocycles. The Morgan fingerprint density at radius 2 is 1.95 bits per heavy atom. The van der Waals surface area contributed by atoms with Crippen LogP contribution in [-0.4, -0.2) is 37.0 Å². The van der Waals surface area contributed by atoms with E-state index in [1.807, 2.05) is 0 Å². The highest BCUT2D eigenvalue weighted by molar-refractivity contribution is 5.76. The normalized spacial score (nSPS) is 33.5. The molecule has 0 spiro atoms. The van der Waals surface area contributed by atoms with Crippen LogP contribution in [0.25, 0.3) is 0 Å². The van der Waals surface area contributed by atoms with E-state index in [0.717, 1.165) is 43.7 Å². The molecule has 3 rings (SSSR count). The van der Waals surface area contributed by atoms with E-state index in [9.17, 15) is 4.79 Å². The number of carbonyl (C=O) groups is 1. The fraction of sp³-hybridized carbons (Fsp3) is 0.944. The lowest BCUT2D eigenvalue weighted by Crippen LogP contribution is -2.35. The molecule has 2 bridgehead atoms. The van der Waals surface area contributed by atoms with Gasteiger partial charge in [-0.2, -0.15) is 0 Å². The van der Waals surface area contributed by atoms with Gasteiger partial charge in [-0.25, -0.2) is 0 Å². The van der Waals surface area contributed by atoms with Gasteiger partial charge in [-0.3, -0.25) is 4.79 Å². The minimum Gasteiger partial charge on any atom is -0.356 e. The second kappa shape index (κ2) is 7.13. The van der Waals surface area contributed by atoms with Crippen LogP contribution in [0.1, 0.15) is 58.3 Å². The van der Waals surface area contributed by atoms with Gasteiger partial charge in [-0.05, 0) is 81.8 Å². The third kappa shape index (κ3) is 4.21. The number of nitrogens with zero attached hydrogens (tertiary/aromatic N) is 1. The maximum atomic E-state index is 12.0. The molecule has 120 valence electrons. The zero-order valence-electron chi connectivity index (χ0n) is 13.7. The van der Waals surface area contributed by atoms with Gasteiger partial charge in [0, 0.05) is 13.0 Å². The predicted octanol–water partition coefficient (Wildman–Crippen LogP) is 3.05. The molecule has 21 heavy (non-hydrogen) atoms. The molecular formula is C18H32N2O. The Balaban J connectivity index is 1.25. The molecule has 1 amide bonds. The Labute approximate surface area is 129 Å². The van der Waals surface area contributed by atoms with Crippen LogP contribution in [0.2, 0.25) is 0 Å². The largest absolute Gasteiger partial charge is 0.356 e. The summed E-state index contributed by atoms with van der Waals surface area (Å²) in [6, 6.07) is 0. The van der Waals surface area contributed by atoms with E-state index in [-0.39, 0.29) is 0 Å². The van der Waals surface area contributed by atoms with Crippen LogP contribution in [0.15, 0.2) is 0 Å².